The molecule has 0 amide bonds. The van der Waals surface area contributed by atoms with E-state index in [1.165, 1.54) is 0 Å². The molecule has 30 heavy (non-hydrogen) atoms. The van der Waals surface area contributed by atoms with Crippen LogP contribution in [-0.2, 0) is 12.7 Å². The number of alkyl halides is 3. The summed E-state index contributed by atoms with van der Waals surface area (Å²) in [5.41, 5.74) is -1.03. The van der Waals surface area contributed by atoms with Crippen molar-refractivity contribution in [1.82, 2.24) is 20.4 Å². The molecule has 1 aromatic rings. The number of benzene rings is 1. The Bertz CT molecular complexity index is 670. The van der Waals surface area contributed by atoms with Gasteiger partial charge in [0.15, 0.2) is 5.96 Å². The van der Waals surface area contributed by atoms with Gasteiger partial charge in [-0.3, -0.25) is 0 Å². The molecule has 1 aliphatic heterocycles. The van der Waals surface area contributed by atoms with Gasteiger partial charge in [-0.25, -0.2) is 9.38 Å². The zero-order chi connectivity index (χ0) is 22.0. The molecule has 0 aliphatic carbocycles. The van der Waals surface area contributed by atoms with E-state index in [2.05, 4.69) is 32.3 Å². The van der Waals surface area contributed by atoms with E-state index in [0.29, 0.717) is 25.1 Å². The Hall–Kier alpha value is -1.87. The molecule has 1 fully saturated rings. The van der Waals surface area contributed by atoms with E-state index < -0.39 is 17.6 Å². The highest BCUT2D eigenvalue weighted by Gasteiger charge is 2.33. The minimum atomic E-state index is -4.61. The molecule has 0 aromatic heterocycles. The minimum Gasteiger partial charge on any atom is -0.357 e. The second kappa shape index (κ2) is 12.1. The van der Waals surface area contributed by atoms with Crippen LogP contribution in [0.2, 0.25) is 0 Å². The van der Waals surface area contributed by atoms with Gasteiger partial charge in [-0.2, -0.15) is 13.2 Å². The fourth-order valence-electron chi connectivity index (χ4n) is 3.45. The van der Waals surface area contributed by atoms with Gasteiger partial charge < -0.3 is 20.4 Å². The fourth-order valence-corrected chi connectivity index (χ4v) is 3.45. The normalized spacial score (nSPS) is 16.7. The summed E-state index contributed by atoms with van der Waals surface area (Å²) in [5.74, 6) is -0.442. The fraction of sp³-hybridized carbons (Fsp3) is 0.667. The highest BCUT2D eigenvalue weighted by molar-refractivity contribution is 5.79. The Morgan fingerprint density at radius 2 is 1.73 bits per heavy atom. The highest BCUT2D eigenvalue weighted by atomic mass is 19.4. The number of nitrogens with one attached hydrogen (secondary N) is 2. The van der Waals surface area contributed by atoms with Crippen molar-refractivity contribution in [3.8, 4) is 0 Å². The summed E-state index contributed by atoms with van der Waals surface area (Å²) in [4.78, 5) is 9.17. The highest BCUT2D eigenvalue weighted by Crippen LogP contribution is 2.32. The Morgan fingerprint density at radius 3 is 2.37 bits per heavy atom. The maximum absolute atomic E-state index is 13.2. The molecule has 0 radical (unpaired) electrons. The lowest BCUT2D eigenvalue weighted by Crippen LogP contribution is -2.46. The molecule has 0 unspecified atom stereocenters. The first-order valence-corrected chi connectivity index (χ1v) is 10.7. The van der Waals surface area contributed by atoms with E-state index in [1.807, 2.05) is 6.92 Å². The second-order valence-corrected chi connectivity index (χ2v) is 7.40. The molecular weight excluding hydrogens is 398 g/mol. The maximum Gasteiger partial charge on any atom is 0.416 e. The Kier molecular flexibility index (Phi) is 9.84. The van der Waals surface area contributed by atoms with Crippen LogP contribution >= 0.6 is 0 Å². The summed E-state index contributed by atoms with van der Waals surface area (Å²) in [6, 6.07) is 2.69. The van der Waals surface area contributed by atoms with Gasteiger partial charge in [0, 0.05) is 39.3 Å². The lowest BCUT2D eigenvalue weighted by atomic mass is 10.1. The first-order chi connectivity index (χ1) is 14.3. The van der Waals surface area contributed by atoms with Crippen LogP contribution in [0, 0.1) is 5.82 Å². The van der Waals surface area contributed by atoms with Crippen molar-refractivity contribution in [2.24, 2.45) is 4.99 Å². The number of likely N-dealkylation sites (N-methyl/N-ethyl adjacent to an activating group) is 1. The van der Waals surface area contributed by atoms with Crippen molar-refractivity contribution in [3.05, 3.63) is 35.1 Å². The molecule has 1 saturated heterocycles. The first-order valence-electron chi connectivity index (χ1n) is 10.7. The molecule has 0 saturated carbocycles. The van der Waals surface area contributed by atoms with Gasteiger partial charge in [0.1, 0.15) is 5.82 Å². The number of halogens is 4. The molecule has 9 heteroatoms. The predicted molar refractivity (Wildman–Crippen MR) is 112 cm³/mol. The smallest absolute Gasteiger partial charge is 0.357 e. The number of hydrogen-bond acceptors (Lipinski definition) is 3. The van der Waals surface area contributed by atoms with E-state index in [-0.39, 0.29) is 12.1 Å². The van der Waals surface area contributed by atoms with Crippen molar-refractivity contribution >= 4 is 5.96 Å². The van der Waals surface area contributed by atoms with Gasteiger partial charge in [-0.1, -0.05) is 13.0 Å². The average molecular weight is 432 g/mol. The lowest BCUT2D eigenvalue weighted by Gasteiger charge is -2.34. The molecule has 0 bridgehead atoms. The summed E-state index contributed by atoms with van der Waals surface area (Å²) in [5, 5.41) is 6.21. The van der Waals surface area contributed by atoms with Gasteiger partial charge in [0.05, 0.1) is 12.1 Å². The van der Waals surface area contributed by atoms with E-state index in [1.54, 1.807) is 0 Å². The lowest BCUT2D eigenvalue weighted by molar-refractivity contribution is -0.138. The van der Waals surface area contributed by atoms with Gasteiger partial charge in [-0.15, -0.1) is 0 Å². The number of hydrogen-bond donors (Lipinski definition) is 2. The van der Waals surface area contributed by atoms with Gasteiger partial charge in [-0.05, 0) is 50.6 Å². The number of rotatable bonds is 9. The van der Waals surface area contributed by atoms with Crippen LogP contribution in [0.25, 0.3) is 0 Å². The molecule has 2 N–H and O–H groups in total. The Balaban J connectivity index is 1.80. The zero-order valence-corrected chi connectivity index (χ0v) is 17.9. The molecule has 170 valence electrons. The summed E-state index contributed by atoms with van der Waals surface area (Å²) in [6.45, 7) is 11.8. The average Bonchev–Trinajstić information content (AvgIpc) is 2.72. The first kappa shape index (κ1) is 24.4. The van der Waals surface area contributed by atoms with Crippen molar-refractivity contribution < 1.29 is 17.6 Å². The predicted octanol–water partition coefficient (Wildman–Crippen LogP) is 3.32. The number of piperazine rings is 1. The van der Waals surface area contributed by atoms with Crippen molar-refractivity contribution in [2.45, 2.75) is 39.4 Å². The monoisotopic (exact) mass is 431 g/mol. The zero-order valence-electron chi connectivity index (χ0n) is 17.9. The van der Waals surface area contributed by atoms with E-state index in [4.69, 9.17) is 0 Å². The van der Waals surface area contributed by atoms with Crippen LogP contribution in [0.1, 0.15) is 37.8 Å². The summed E-state index contributed by atoms with van der Waals surface area (Å²) < 4.78 is 52.6. The van der Waals surface area contributed by atoms with Crippen LogP contribution in [0.15, 0.2) is 23.2 Å². The minimum absolute atomic E-state index is 0.0488. The number of guanidine groups is 1. The Labute approximate surface area is 176 Å². The Morgan fingerprint density at radius 1 is 1.03 bits per heavy atom. The van der Waals surface area contributed by atoms with Crippen LogP contribution in [0.3, 0.4) is 0 Å². The molecule has 1 heterocycles. The third-order valence-corrected chi connectivity index (χ3v) is 5.23. The number of unbranched alkanes of at least 4 members (excludes halogenated alkanes) is 1. The molecule has 1 aromatic carbocycles. The molecule has 0 atom stereocenters. The molecule has 1 aliphatic rings. The quantitative estimate of drug-likeness (QED) is 0.273. The summed E-state index contributed by atoms with van der Waals surface area (Å²) in [6.07, 6.45) is -2.61. The topological polar surface area (TPSA) is 42.9 Å². The van der Waals surface area contributed by atoms with Gasteiger partial charge >= 0.3 is 6.18 Å². The van der Waals surface area contributed by atoms with Crippen LogP contribution in [-0.4, -0.2) is 68.1 Å². The third-order valence-electron chi connectivity index (χ3n) is 5.23. The second-order valence-electron chi connectivity index (χ2n) is 7.40. The molecule has 0 spiro atoms. The van der Waals surface area contributed by atoms with Gasteiger partial charge in [0.25, 0.3) is 0 Å². The standard InChI is InChI=1S/C21H33F4N5/c1-3-26-20(27-9-5-6-10-30-13-11-29(4-2)12-14-30)28-16-17-7-8-18(22)15-19(17)21(23,24)25/h7-8,15H,3-6,9-14,16H2,1-2H3,(H2,26,27,28). The number of aliphatic imine (C=N–C) groups is 1. The van der Waals surface area contributed by atoms with Crippen LogP contribution in [0.5, 0.6) is 0 Å². The largest absolute Gasteiger partial charge is 0.416 e. The SMILES string of the molecule is CCNC(=NCc1ccc(F)cc1C(F)(F)F)NCCCCN1CCN(CC)CC1. The molecular formula is C21H33F4N5. The number of nitrogens with zero attached hydrogens (tertiary/aromatic N) is 3. The maximum atomic E-state index is 13.2. The van der Waals surface area contributed by atoms with Crippen molar-refractivity contribution in [1.29, 1.82) is 0 Å². The third kappa shape index (κ3) is 8.10. The summed E-state index contributed by atoms with van der Waals surface area (Å²) >= 11 is 0. The van der Waals surface area contributed by atoms with E-state index >= 15 is 0 Å². The molecule has 2 rings (SSSR count). The van der Waals surface area contributed by atoms with Crippen molar-refractivity contribution in [3.63, 3.8) is 0 Å². The van der Waals surface area contributed by atoms with Crippen molar-refractivity contribution in [2.75, 3.05) is 52.4 Å². The molecule has 5 nitrogen and oxygen atoms in total. The van der Waals surface area contributed by atoms with Gasteiger partial charge in [0.2, 0.25) is 0 Å². The van der Waals surface area contributed by atoms with E-state index in [9.17, 15) is 17.6 Å². The van der Waals surface area contributed by atoms with Crippen LogP contribution in [0.4, 0.5) is 17.6 Å². The summed E-state index contributed by atoms with van der Waals surface area (Å²) in [7, 11) is 0. The van der Waals surface area contributed by atoms with Crippen LogP contribution < -0.4 is 10.6 Å². The van der Waals surface area contributed by atoms with E-state index in [0.717, 1.165) is 64.2 Å².